The summed E-state index contributed by atoms with van der Waals surface area (Å²) in [5.74, 6) is -0.748. The largest absolute Gasteiger partial charge is 0.475 e. The Morgan fingerprint density at radius 3 is 2.58 bits per heavy atom. The molecule has 4 nitrogen and oxygen atoms in total. The SMILES string of the molecule is O=C(O)c1ccc(Nc2cccc3ccccc23)o1. The van der Waals surface area contributed by atoms with Gasteiger partial charge in [0.05, 0.1) is 0 Å². The summed E-state index contributed by atoms with van der Waals surface area (Å²) in [6.45, 7) is 0. The first-order valence-corrected chi connectivity index (χ1v) is 5.82. The maximum absolute atomic E-state index is 10.8. The van der Waals surface area contributed by atoms with E-state index in [1.54, 1.807) is 6.07 Å². The average Bonchev–Trinajstić information content (AvgIpc) is 2.88. The molecule has 0 saturated carbocycles. The lowest BCUT2D eigenvalue weighted by molar-refractivity contribution is 0.0663. The Bertz CT molecular complexity index is 740. The highest BCUT2D eigenvalue weighted by Crippen LogP contribution is 2.27. The molecule has 0 aliphatic rings. The van der Waals surface area contributed by atoms with Gasteiger partial charge in [-0.25, -0.2) is 4.79 Å². The molecule has 19 heavy (non-hydrogen) atoms. The van der Waals surface area contributed by atoms with Crippen molar-refractivity contribution in [2.45, 2.75) is 0 Å². The van der Waals surface area contributed by atoms with E-state index in [0.717, 1.165) is 16.5 Å². The molecule has 0 spiro atoms. The van der Waals surface area contributed by atoms with Crippen molar-refractivity contribution >= 4 is 28.3 Å². The minimum Gasteiger partial charge on any atom is -0.475 e. The second-order valence-electron chi connectivity index (χ2n) is 4.12. The van der Waals surface area contributed by atoms with Crippen LogP contribution in [0.15, 0.2) is 59.0 Å². The number of hydrogen-bond donors (Lipinski definition) is 2. The van der Waals surface area contributed by atoms with E-state index in [4.69, 9.17) is 9.52 Å². The predicted molar refractivity (Wildman–Crippen MR) is 72.9 cm³/mol. The summed E-state index contributed by atoms with van der Waals surface area (Å²) < 4.78 is 5.19. The third-order valence-electron chi connectivity index (χ3n) is 2.86. The summed E-state index contributed by atoms with van der Waals surface area (Å²) in [7, 11) is 0. The average molecular weight is 253 g/mol. The monoisotopic (exact) mass is 253 g/mol. The Labute approximate surface area is 109 Å². The molecule has 0 atom stereocenters. The quantitative estimate of drug-likeness (QED) is 0.743. The lowest BCUT2D eigenvalue weighted by Crippen LogP contribution is -1.93. The first-order valence-electron chi connectivity index (χ1n) is 5.82. The number of anilines is 2. The fourth-order valence-corrected chi connectivity index (χ4v) is 1.99. The van der Waals surface area contributed by atoms with Crippen LogP contribution in [-0.2, 0) is 0 Å². The van der Waals surface area contributed by atoms with Gasteiger partial charge in [-0.1, -0.05) is 36.4 Å². The number of carbonyl (C=O) groups is 1. The van der Waals surface area contributed by atoms with Gasteiger partial charge in [-0.2, -0.15) is 0 Å². The number of furan rings is 1. The molecule has 0 fully saturated rings. The van der Waals surface area contributed by atoms with Crippen molar-refractivity contribution in [3.63, 3.8) is 0 Å². The zero-order chi connectivity index (χ0) is 13.2. The molecule has 94 valence electrons. The molecule has 2 N–H and O–H groups in total. The van der Waals surface area contributed by atoms with Gasteiger partial charge in [0.15, 0.2) is 5.88 Å². The van der Waals surface area contributed by atoms with Gasteiger partial charge in [0.2, 0.25) is 5.76 Å². The maximum atomic E-state index is 10.8. The van der Waals surface area contributed by atoms with Gasteiger partial charge in [-0.05, 0) is 17.5 Å². The van der Waals surface area contributed by atoms with Crippen LogP contribution in [0.3, 0.4) is 0 Å². The van der Waals surface area contributed by atoms with Crippen molar-refractivity contribution < 1.29 is 14.3 Å². The van der Waals surface area contributed by atoms with Crippen molar-refractivity contribution in [3.05, 3.63) is 60.4 Å². The van der Waals surface area contributed by atoms with Crippen molar-refractivity contribution in [1.82, 2.24) is 0 Å². The Balaban J connectivity index is 1.98. The van der Waals surface area contributed by atoms with E-state index in [2.05, 4.69) is 5.32 Å². The van der Waals surface area contributed by atoms with Crippen molar-refractivity contribution in [3.8, 4) is 0 Å². The summed E-state index contributed by atoms with van der Waals surface area (Å²) in [6.07, 6.45) is 0. The van der Waals surface area contributed by atoms with Gasteiger partial charge in [0.25, 0.3) is 0 Å². The highest BCUT2D eigenvalue weighted by atomic mass is 16.4. The number of hydrogen-bond acceptors (Lipinski definition) is 3. The molecule has 3 rings (SSSR count). The number of benzene rings is 2. The highest BCUT2D eigenvalue weighted by Gasteiger charge is 2.09. The Morgan fingerprint density at radius 1 is 1.00 bits per heavy atom. The van der Waals surface area contributed by atoms with Crippen molar-refractivity contribution in [2.24, 2.45) is 0 Å². The summed E-state index contributed by atoms with van der Waals surface area (Å²) in [5.41, 5.74) is 0.879. The Morgan fingerprint density at radius 2 is 1.79 bits per heavy atom. The van der Waals surface area contributed by atoms with Crippen LogP contribution in [0.5, 0.6) is 0 Å². The smallest absolute Gasteiger partial charge is 0.371 e. The summed E-state index contributed by atoms with van der Waals surface area (Å²) >= 11 is 0. The molecule has 4 heteroatoms. The first-order chi connectivity index (χ1) is 9.24. The lowest BCUT2D eigenvalue weighted by Gasteiger charge is -2.07. The predicted octanol–water partition coefficient (Wildman–Crippen LogP) is 3.87. The van der Waals surface area contributed by atoms with Crippen LogP contribution < -0.4 is 5.32 Å². The minimum atomic E-state index is -1.08. The van der Waals surface area contributed by atoms with Gasteiger partial charge >= 0.3 is 5.97 Å². The van der Waals surface area contributed by atoms with Gasteiger partial charge in [0.1, 0.15) is 0 Å². The van der Waals surface area contributed by atoms with Crippen molar-refractivity contribution in [2.75, 3.05) is 5.32 Å². The second-order valence-corrected chi connectivity index (χ2v) is 4.12. The fourth-order valence-electron chi connectivity index (χ4n) is 1.99. The normalized spacial score (nSPS) is 10.5. The zero-order valence-electron chi connectivity index (χ0n) is 9.96. The number of nitrogens with one attached hydrogen (secondary N) is 1. The van der Waals surface area contributed by atoms with Crippen LogP contribution in [0.2, 0.25) is 0 Å². The van der Waals surface area contributed by atoms with Crippen LogP contribution in [0.1, 0.15) is 10.6 Å². The first kappa shape index (κ1) is 11.3. The Hall–Kier alpha value is -2.75. The van der Waals surface area contributed by atoms with Crippen LogP contribution in [0.4, 0.5) is 11.6 Å². The van der Waals surface area contributed by atoms with E-state index in [1.165, 1.54) is 6.07 Å². The van der Waals surface area contributed by atoms with Gasteiger partial charge in [0, 0.05) is 17.1 Å². The summed E-state index contributed by atoms with van der Waals surface area (Å²) in [6, 6.07) is 16.9. The van der Waals surface area contributed by atoms with Crippen LogP contribution in [0, 0.1) is 0 Å². The molecule has 3 aromatic rings. The minimum absolute atomic E-state index is 0.0808. The van der Waals surface area contributed by atoms with E-state index < -0.39 is 5.97 Å². The molecule has 0 amide bonds. The Kier molecular flexibility index (Phi) is 2.68. The van der Waals surface area contributed by atoms with Gasteiger partial charge in [-0.3, -0.25) is 0 Å². The molecule has 2 aromatic carbocycles. The molecule has 0 saturated heterocycles. The highest BCUT2D eigenvalue weighted by molar-refractivity contribution is 5.95. The fraction of sp³-hybridized carbons (Fsp3) is 0. The number of carboxylic acid groups (broad SMARTS) is 1. The molecule has 0 radical (unpaired) electrons. The molecule has 0 unspecified atom stereocenters. The van der Waals surface area contributed by atoms with E-state index in [1.807, 2.05) is 42.5 Å². The van der Waals surface area contributed by atoms with Crippen molar-refractivity contribution in [1.29, 1.82) is 0 Å². The zero-order valence-corrected chi connectivity index (χ0v) is 9.96. The van der Waals surface area contributed by atoms with E-state index in [9.17, 15) is 4.79 Å². The standard InChI is InChI=1S/C15H11NO3/c17-15(18)13-8-9-14(19-13)16-12-7-3-5-10-4-1-2-6-11(10)12/h1-9,16H,(H,17,18). The van der Waals surface area contributed by atoms with E-state index in [-0.39, 0.29) is 5.76 Å². The second kappa shape index (κ2) is 4.49. The number of fused-ring (bicyclic) bond motifs is 1. The maximum Gasteiger partial charge on any atom is 0.371 e. The van der Waals surface area contributed by atoms with E-state index in [0.29, 0.717) is 5.88 Å². The molecular weight excluding hydrogens is 242 g/mol. The number of aromatic carboxylic acids is 1. The van der Waals surface area contributed by atoms with Gasteiger partial charge in [-0.15, -0.1) is 0 Å². The van der Waals surface area contributed by atoms with Crippen LogP contribution in [0.25, 0.3) is 10.8 Å². The number of carboxylic acids is 1. The third-order valence-corrected chi connectivity index (χ3v) is 2.86. The molecule has 0 aliphatic carbocycles. The topological polar surface area (TPSA) is 62.5 Å². The van der Waals surface area contributed by atoms with Crippen LogP contribution in [-0.4, -0.2) is 11.1 Å². The molecule has 1 heterocycles. The lowest BCUT2D eigenvalue weighted by atomic mass is 10.1. The third kappa shape index (κ3) is 2.15. The summed E-state index contributed by atoms with van der Waals surface area (Å²) in [5, 5.41) is 14.1. The number of rotatable bonds is 3. The molecule has 0 bridgehead atoms. The van der Waals surface area contributed by atoms with E-state index >= 15 is 0 Å². The van der Waals surface area contributed by atoms with Gasteiger partial charge < -0.3 is 14.8 Å². The molecule has 0 aliphatic heterocycles. The summed E-state index contributed by atoms with van der Waals surface area (Å²) in [4.78, 5) is 10.8. The molecular formula is C15H11NO3. The molecule has 1 aromatic heterocycles. The van der Waals surface area contributed by atoms with Crippen LogP contribution >= 0.6 is 0 Å².